The van der Waals surface area contributed by atoms with Crippen LogP contribution in [0.15, 0.2) is 53.4 Å². The number of hydrogen-bond donors (Lipinski definition) is 0. The molecule has 25 heavy (non-hydrogen) atoms. The fourth-order valence-electron chi connectivity index (χ4n) is 3.21. The van der Waals surface area contributed by atoms with Gasteiger partial charge in [0, 0.05) is 18.0 Å². The maximum Gasteiger partial charge on any atom is 0.410 e. The van der Waals surface area contributed by atoms with Crippen molar-refractivity contribution in [1.29, 1.82) is 0 Å². The molecule has 132 valence electrons. The first-order valence-corrected chi connectivity index (χ1v) is 9.69. The van der Waals surface area contributed by atoms with E-state index in [1.807, 2.05) is 42.7 Å². The molecule has 1 saturated heterocycles. The molecule has 0 aromatic heterocycles. The number of amides is 1. The Bertz CT molecular complexity index is 715. The lowest BCUT2D eigenvalue weighted by Crippen LogP contribution is -2.38. The quantitative estimate of drug-likeness (QED) is 0.714. The minimum Gasteiger partial charge on any atom is -0.445 e. The number of hydrogen-bond acceptors (Lipinski definition) is 3. The van der Waals surface area contributed by atoms with Gasteiger partial charge in [-0.3, -0.25) is 0 Å². The van der Waals surface area contributed by atoms with E-state index in [1.54, 1.807) is 22.7 Å². The van der Waals surface area contributed by atoms with Gasteiger partial charge in [-0.05, 0) is 48.3 Å². The molecule has 0 radical (unpaired) electrons. The Kier molecular flexibility index (Phi) is 5.97. The van der Waals surface area contributed by atoms with Gasteiger partial charge in [-0.15, -0.1) is 11.8 Å². The van der Waals surface area contributed by atoms with E-state index in [4.69, 9.17) is 4.74 Å². The molecule has 0 unspecified atom stereocenters. The van der Waals surface area contributed by atoms with Crippen molar-refractivity contribution in [3.05, 3.63) is 65.5 Å². The minimum absolute atomic E-state index is 0.199. The Balaban J connectivity index is 1.54. The van der Waals surface area contributed by atoms with Gasteiger partial charge in [0.25, 0.3) is 0 Å². The SMILES string of the molecule is CSc1cc(F)ccc1C1CCN(C(=O)OCc2ccccc2)CC1. The Morgan fingerprint density at radius 3 is 2.60 bits per heavy atom. The molecule has 1 amide bonds. The highest BCUT2D eigenvalue weighted by Crippen LogP contribution is 2.34. The van der Waals surface area contributed by atoms with Crippen LogP contribution in [-0.4, -0.2) is 30.3 Å². The van der Waals surface area contributed by atoms with E-state index in [9.17, 15) is 9.18 Å². The van der Waals surface area contributed by atoms with E-state index in [1.165, 1.54) is 11.6 Å². The van der Waals surface area contributed by atoms with E-state index in [0.29, 0.717) is 25.6 Å². The summed E-state index contributed by atoms with van der Waals surface area (Å²) >= 11 is 1.57. The monoisotopic (exact) mass is 359 g/mol. The number of piperidine rings is 1. The van der Waals surface area contributed by atoms with Gasteiger partial charge in [0.1, 0.15) is 12.4 Å². The van der Waals surface area contributed by atoms with Gasteiger partial charge in [-0.1, -0.05) is 36.4 Å². The fourth-order valence-corrected chi connectivity index (χ4v) is 3.91. The zero-order valence-corrected chi connectivity index (χ0v) is 15.1. The first-order valence-electron chi connectivity index (χ1n) is 8.46. The van der Waals surface area contributed by atoms with Crippen molar-refractivity contribution in [3.63, 3.8) is 0 Å². The Labute approximate surface area is 152 Å². The second kappa shape index (κ2) is 8.39. The van der Waals surface area contributed by atoms with Crippen LogP contribution in [0.25, 0.3) is 0 Å². The number of halogens is 1. The topological polar surface area (TPSA) is 29.5 Å². The Hall–Kier alpha value is -2.01. The number of carbonyl (C=O) groups excluding carboxylic acids is 1. The zero-order valence-electron chi connectivity index (χ0n) is 14.3. The number of benzene rings is 2. The third-order valence-corrected chi connectivity index (χ3v) is 5.39. The van der Waals surface area contributed by atoms with Gasteiger partial charge in [0.2, 0.25) is 0 Å². The molecular weight excluding hydrogens is 337 g/mol. The van der Waals surface area contributed by atoms with Crippen molar-refractivity contribution in [2.24, 2.45) is 0 Å². The lowest BCUT2D eigenvalue weighted by Gasteiger charge is -2.32. The highest BCUT2D eigenvalue weighted by molar-refractivity contribution is 7.98. The molecule has 0 N–H and O–H groups in total. The van der Waals surface area contributed by atoms with Crippen LogP contribution in [0.5, 0.6) is 0 Å². The summed E-state index contributed by atoms with van der Waals surface area (Å²) in [4.78, 5) is 15.0. The van der Waals surface area contributed by atoms with Gasteiger partial charge in [-0.2, -0.15) is 0 Å². The number of thioether (sulfide) groups is 1. The molecular formula is C20H22FNO2S. The lowest BCUT2D eigenvalue weighted by atomic mass is 9.89. The summed E-state index contributed by atoms with van der Waals surface area (Å²) in [5, 5.41) is 0. The predicted octanol–water partition coefficient (Wildman–Crippen LogP) is 5.06. The number of ether oxygens (including phenoxy) is 1. The third kappa shape index (κ3) is 4.54. The number of nitrogens with zero attached hydrogens (tertiary/aromatic N) is 1. The minimum atomic E-state index is -0.258. The summed E-state index contributed by atoms with van der Waals surface area (Å²) in [5.41, 5.74) is 2.17. The maximum absolute atomic E-state index is 13.4. The molecule has 0 spiro atoms. The van der Waals surface area contributed by atoms with Crippen LogP contribution < -0.4 is 0 Å². The molecule has 2 aromatic rings. The van der Waals surface area contributed by atoms with Crippen LogP contribution in [0.2, 0.25) is 0 Å². The summed E-state index contributed by atoms with van der Waals surface area (Å²) < 4.78 is 18.8. The fraction of sp³-hybridized carbons (Fsp3) is 0.350. The predicted molar refractivity (Wildman–Crippen MR) is 98.4 cm³/mol. The summed E-state index contributed by atoms with van der Waals surface area (Å²) in [7, 11) is 0. The average molecular weight is 359 g/mol. The van der Waals surface area contributed by atoms with Crippen molar-refractivity contribution in [2.45, 2.75) is 30.3 Å². The van der Waals surface area contributed by atoms with Gasteiger partial charge >= 0.3 is 6.09 Å². The molecule has 0 aliphatic carbocycles. The second-order valence-corrected chi connectivity index (χ2v) is 7.04. The average Bonchev–Trinajstić information content (AvgIpc) is 2.67. The van der Waals surface area contributed by atoms with Crippen molar-refractivity contribution in [3.8, 4) is 0 Å². The summed E-state index contributed by atoms with van der Waals surface area (Å²) in [6.45, 7) is 1.64. The molecule has 0 saturated carbocycles. The molecule has 0 bridgehead atoms. The number of rotatable bonds is 4. The zero-order chi connectivity index (χ0) is 17.6. The van der Waals surface area contributed by atoms with Gasteiger partial charge in [0.15, 0.2) is 0 Å². The largest absolute Gasteiger partial charge is 0.445 e. The highest BCUT2D eigenvalue weighted by atomic mass is 32.2. The standard InChI is InChI=1S/C20H22FNO2S/c1-25-19-13-17(21)7-8-18(19)16-9-11-22(12-10-16)20(23)24-14-15-5-3-2-4-6-15/h2-8,13,16H,9-12,14H2,1H3. The maximum atomic E-state index is 13.4. The van der Waals surface area contributed by atoms with Crippen molar-refractivity contribution in [2.75, 3.05) is 19.3 Å². The summed E-state index contributed by atoms with van der Waals surface area (Å²) in [6, 6.07) is 14.7. The molecule has 3 nitrogen and oxygen atoms in total. The molecule has 5 heteroatoms. The van der Waals surface area contributed by atoms with Crippen LogP contribution in [-0.2, 0) is 11.3 Å². The molecule has 3 rings (SSSR count). The summed E-state index contributed by atoms with van der Waals surface area (Å²) in [6.07, 6.45) is 3.46. The lowest BCUT2D eigenvalue weighted by molar-refractivity contribution is 0.0869. The number of likely N-dealkylation sites (tertiary alicyclic amines) is 1. The van der Waals surface area contributed by atoms with E-state index >= 15 is 0 Å². The van der Waals surface area contributed by atoms with Crippen molar-refractivity contribution >= 4 is 17.9 Å². The summed E-state index contributed by atoms with van der Waals surface area (Å²) in [5.74, 6) is 0.163. The molecule has 1 aliphatic heterocycles. The van der Waals surface area contributed by atoms with Gasteiger partial charge < -0.3 is 9.64 Å². The normalized spacial score (nSPS) is 15.2. The van der Waals surface area contributed by atoms with E-state index in [0.717, 1.165) is 23.3 Å². The molecule has 2 aromatic carbocycles. The second-order valence-electron chi connectivity index (χ2n) is 6.19. The van der Waals surface area contributed by atoms with Crippen molar-refractivity contribution in [1.82, 2.24) is 4.90 Å². The smallest absolute Gasteiger partial charge is 0.410 e. The molecule has 1 heterocycles. The van der Waals surface area contributed by atoms with E-state index in [2.05, 4.69) is 0 Å². The van der Waals surface area contributed by atoms with Crippen LogP contribution in [0.1, 0.15) is 29.9 Å². The molecule has 1 aliphatic rings. The molecule has 1 fully saturated rings. The Morgan fingerprint density at radius 2 is 1.92 bits per heavy atom. The number of carbonyl (C=O) groups is 1. The van der Waals surface area contributed by atoms with Crippen LogP contribution in [0.3, 0.4) is 0 Å². The van der Waals surface area contributed by atoms with Crippen LogP contribution in [0.4, 0.5) is 9.18 Å². The van der Waals surface area contributed by atoms with Gasteiger partial charge in [-0.25, -0.2) is 9.18 Å². The van der Waals surface area contributed by atoms with Crippen molar-refractivity contribution < 1.29 is 13.9 Å². The van der Waals surface area contributed by atoms with Crippen LogP contribution in [0, 0.1) is 5.82 Å². The third-order valence-electron chi connectivity index (χ3n) is 4.59. The highest BCUT2D eigenvalue weighted by Gasteiger charge is 2.26. The van der Waals surface area contributed by atoms with Crippen LogP contribution >= 0.6 is 11.8 Å². The first-order chi connectivity index (χ1) is 12.2. The van der Waals surface area contributed by atoms with E-state index in [-0.39, 0.29) is 11.9 Å². The first kappa shape index (κ1) is 17.8. The van der Waals surface area contributed by atoms with Gasteiger partial charge in [0.05, 0.1) is 0 Å². The van der Waals surface area contributed by atoms with E-state index < -0.39 is 0 Å². The molecule has 0 atom stereocenters. The Morgan fingerprint density at radius 1 is 1.20 bits per heavy atom.